The molecule has 270 valence electrons. The Morgan fingerprint density at radius 2 is 1.63 bits per heavy atom. The molecule has 15 heteroatoms. The molecular weight excluding hydrogens is 739 g/mol. The first-order chi connectivity index (χ1) is 24.2. The minimum atomic E-state index is -4.72. The smallest absolute Gasteiger partial charge is 0.273 e. The number of nitrogens with zero attached hydrogens (tertiary/aromatic N) is 3. The number of halogens is 3. The van der Waals surface area contributed by atoms with E-state index < -0.39 is 49.9 Å². The van der Waals surface area contributed by atoms with E-state index in [9.17, 15) is 28.1 Å². The van der Waals surface area contributed by atoms with Gasteiger partial charge in [0.2, 0.25) is 11.8 Å². The molecule has 0 heterocycles. The van der Waals surface area contributed by atoms with Crippen molar-refractivity contribution in [3.8, 4) is 5.75 Å². The summed E-state index contributed by atoms with van der Waals surface area (Å²) >= 11 is 19.1. The number of benzene rings is 4. The molecule has 2 atom stereocenters. The molecule has 0 bridgehead atoms. The zero-order chi connectivity index (χ0) is 37.5. The number of nitro groups is 1. The summed E-state index contributed by atoms with van der Waals surface area (Å²) in [5.41, 5.74) is 0.908. The quantitative estimate of drug-likeness (QED) is 0.0969. The molecule has 4 rings (SSSR count). The number of hydrogen-bond donors (Lipinski definition) is 1. The molecule has 0 aliphatic heterocycles. The molecule has 0 fully saturated rings. The minimum absolute atomic E-state index is 0.0556. The molecule has 0 aromatic heterocycles. The van der Waals surface area contributed by atoms with Gasteiger partial charge in [0, 0.05) is 45.7 Å². The predicted octanol–water partition coefficient (Wildman–Crippen LogP) is 7.62. The highest BCUT2D eigenvalue weighted by Crippen LogP contribution is 2.36. The molecule has 0 unspecified atom stereocenters. The maximum Gasteiger partial charge on any atom is 0.273 e. The Kier molecular flexibility index (Phi) is 13.3. The number of sulfonamides is 1. The fraction of sp³-hybridized carbons (Fsp3) is 0.278. The number of carbonyl (C=O) groups excluding carboxylic acids is 2. The third-order valence-corrected chi connectivity index (χ3v) is 10.9. The van der Waals surface area contributed by atoms with Crippen molar-refractivity contribution in [2.75, 3.05) is 18.0 Å². The molecule has 0 saturated heterocycles. The van der Waals surface area contributed by atoms with Crippen molar-refractivity contribution >= 4 is 68.0 Å². The minimum Gasteiger partial charge on any atom is -0.495 e. The Labute approximate surface area is 312 Å². The van der Waals surface area contributed by atoms with Gasteiger partial charge in [-0.1, -0.05) is 84.2 Å². The maximum atomic E-state index is 14.8. The Hall–Kier alpha value is -4.36. The standard InChI is InChI=1S/C36H37Cl3N4O7S/c1-5-24(3)40-36(45)33(17-25-9-7-6-8-10-25)41(21-26-12-13-27(37)18-30(26)39)35(44)22-42(32-19-28(38)14-16-34(32)50-4)51(48,49)29-15-11-23(2)31(20-29)43(46)47/h6-16,18-20,24,33H,5,17,21-22H2,1-4H3,(H,40,45)/t24-,33-/m1/s1. The molecule has 51 heavy (non-hydrogen) atoms. The van der Waals surface area contributed by atoms with Gasteiger partial charge in [0.15, 0.2) is 0 Å². The van der Waals surface area contributed by atoms with Crippen LogP contribution in [-0.2, 0) is 32.6 Å². The third kappa shape index (κ3) is 9.70. The molecule has 4 aromatic carbocycles. The van der Waals surface area contributed by atoms with Crippen LogP contribution in [0.25, 0.3) is 0 Å². The van der Waals surface area contributed by atoms with Gasteiger partial charge < -0.3 is 15.0 Å². The lowest BCUT2D eigenvalue weighted by Gasteiger charge is -2.34. The van der Waals surface area contributed by atoms with Crippen molar-refractivity contribution in [3.05, 3.63) is 127 Å². The summed E-state index contributed by atoms with van der Waals surface area (Å²) in [7, 11) is -3.40. The van der Waals surface area contributed by atoms with E-state index in [1.54, 1.807) is 12.1 Å². The lowest BCUT2D eigenvalue weighted by Crippen LogP contribution is -2.54. The SMILES string of the molecule is CC[C@@H](C)NC(=O)[C@@H](Cc1ccccc1)N(Cc1ccc(Cl)cc1Cl)C(=O)CN(c1cc(Cl)ccc1OC)S(=O)(=O)c1ccc(C)c([N+](=O)[O-])c1. The number of nitro benzene ring substituents is 1. The number of ether oxygens (including phenoxy) is 1. The summed E-state index contributed by atoms with van der Waals surface area (Å²) in [5, 5.41) is 15.5. The van der Waals surface area contributed by atoms with Crippen LogP contribution in [0.2, 0.25) is 15.1 Å². The van der Waals surface area contributed by atoms with Gasteiger partial charge in [0.25, 0.3) is 15.7 Å². The van der Waals surface area contributed by atoms with E-state index >= 15 is 0 Å². The van der Waals surface area contributed by atoms with Crippen LogP contribution in [0.15, 0.2) is 89.8 Å². The normalized spacial score (nSPS) is 12.5. The van der Waals surface area contributed by atoms with Gasteiger partial charge in [0.05, 0.1) is 22.6 Å². The van der Waals surface area contributed by atoms with Crippen LogP contribution >= 0.6 is 34.8 Å². The van der Waals surface area contributed by atoms with E-state index in [4.69, 9.17) is 39.5 Å². The topological polar surface area (TPSA) is 139 Å². The molecule has 11 nitrogen and oxygen atoms in total. The van der Waals surface area contributed by atoms with Crippen LogP contribution in [0.5, 0.6) is 5.75 Å². The van der Waals surface area contributed by atoms with E-state index in [0.29, 0.717) is 17.0 Å². The second-order valence-corrected chi connectivity index (χ2v) is 15.0. The van der Waals surface area contributed by atoms with Crippen LogP contribution in [0.4, 0.5) is 11.4 Å². The van der Waals surface area contributed by atoms with E-state index in [0.717, 1.165) is 15.9 Å². The monoisotopic (exact) mass is 774 g/mol. The highest BCUT2D eigenvalue weighted by molar-refractivity contribution is 7.92. The Morgan fingerprint density at radius 3 is 2.25 bits per heavy atom. The van der Waals surface area contributed by atoms with Gasteiger partial charge in [-0.15, -0.1) is 0 Å². The first kappa shape index (κ1) is 39.4. The lowest BCUT2D eigenvalue weighted by atomic mass is 10.0. The van der Waals surface area contributed by atoms with Gasteiger partial charge in [-0.3, -0.25) is 24.0 Å². The first-order valence-corrected chi connectivity index (χ1v) is 18.4. The largest absolute Gasteiger partial charge is 0.495 e. The Morgan fingerprint density at radius 1 is 0.961 bits per heavy atom. The van der Waals surface area contributed by atoms with Crippen LogP contribution < -0.4 is 14.4 Å². The molecule has 2 amide bonds. The van der Waals surface area contributed by atoms with E-state index in [1.165, 1.54) is 55.3 Å². The number of aryl methyl sites for hydroxylation is 1. The second-order valence-electron chi connectivity index (χ2n) is 11.8. The average molecular weight is 776 g/mol. The molecule has 0 saturated carbocycles. The average Bonchev–Trinajstić information content (AvgIpc) is 3.09. The Bertz CT molecular complexity index is 2020. The summed E-state index contributed by atoms with van der Waals surface area (Å²) in [6.07, 6.45) is 0.696. The summed E-state index contributed by atoms with van der Waals surface area (Å²) in [5.74, 6) is -1.19. The van der Waals surface area contributed by atoms with Crippen LogP contribution in [-0.4, -0.2) is 55.8 Å². The van der Waals surface area contributed by atoms with Crippen molar-refractivity contribution in [1.29, 1.82) is 0 Å². The number of methoxy groups -OCH3 is 1. The van der Waals surface area contributed by atoms with Crippen molar-refractivity contribution in [3.63, 3.8) is 0 Å². The summed E-state index contributed by atoms with van der Waals surface area (Å²) in [6.45, 7) is 4.17. The van der Waals surface area contributed by atoms with E-state index in [-0.39, 0.29) is 46.1 Å². The zero-order valence-corrected chi connectivity index (χ0v) is 31.4. The fourth-order valence-corrected chi connectivity index (χ4v) is 7.35. The number of anilines is 1. The number of carbonyl (C=O) groups is 2. The lowest BCUT2D eigenvalue weighted by molar-refractivity contribution is -0.385. The van der Waals surface area contributed by atoms with E-state index in [2.05, 4.69) is 5.32 Å². The number of hydrogen-bond acceptors (Lipinski definition) is 7. The van der Waals surface area contributed by atoms with E-state index in [1.807, 2.05) is 44.2 Å². The number of amides is 2. The van der Waals surface area contributed by atoms with Crippen LogP contribution in [0.1, 0.15) is 37.0 Å². The van der Waals surface area contributed by atoms with Crippen molar-refractivity contribution in [2.24, 2.45) is 0 Å². The number of nitrogens with one attached hydrogen (secondary N) is 1. The van der Waals surface area contributed by atoms with Crippen molar-refractivity contribution in [2.45, 2.75) is 57.1 Å². The molecule has 1 N–H and O–H groups in total. The van der Waals surface area contributed by atoms with Gasteiger partial charge in [0.1, 0.15) is 18.3 Å². The molecular formula is C36H37Cl3N4O7S. The van der Waals surface area contributed by atoms with Gasteiger partial charge in [-0.2, -0.15) is 0 Å². The van der Waals surface area contributed by atoms with Gasteiger partial charge in [-0.05, 0) is 67.8 Å². The number of rotatable bonds is 15. The Balaban J connectivity index is 1.92. The van der Waals surface area contributed by atoms with Gasteiger partial charge in [-0.25, -0.2) is 8.42 Å². The fourth-order valence-electron chi connectivity index (χ4n) is 5.27. The molecule has 0 radical (unpaired) electrons. The highest BCUT2D eigenvalue weighted by Gasteiger charge is 2.37. The first-order valence-electron chi connectivity index (χ1n) is 15.8. The van der Waals surface area contributed by atoms with Crippen LogP contribution in [0.3, 0.4) is 0 Å². The van der Waals surface area contributed by atoms with Crippen molar-refractivity contribution in [1.82, 2.24) is 10.2 Å². The van der Waals surface area contributed by atoms with Crippen molar-refractivity contribution < 1.29 is 27.7 Å². The predicted molar refractivity (Wildman–Crippen MR) is 199 cm³/mol. The molecule has 4 aromatic rings. The summed E-state index contributed by atoms with van der Waals surface area (Å²) in [6, 6.07) is 20.1. The van der Waals surface area contributed by atoms with Gasteiger partial charge >= 0.3 is 0 Å². The third-order valence-electron chi connectivity index (χ3n) is 8.28. The van der Waals surface area contributed by atoms with Crippen LogP contribution in [0, 0.1) is 17.0 Å². The summed E-state index contributed by atoms with van der Waals surface area (Å²) in [4.78, 5) is 40.8. The molecule has 0 aliphatic rings. The molecule has 0 aliphatic carbocycles. The molecule has 0 spiro atoms. The second kappa shape index (κ2) is 17.2. The zero-order valence-electron chi connectivity index (χ0n) is 28.3. The summed E-state index contributed by atoms with van der Waals surface area (Å²) < 4.78 is 35.3. The highest BCUT2D eigenvalue weighted by atomic mass is 35.5. The maximum absolute atomic E-state index is 14.8.